The van der Waals surface area contributed by atoms with Crippen LogP contribution in [0.3, 0.4) is 0 Å². The van der Waals surface area contributed by atoms with E-state index in [4.69, 9.17) is 9.47 Å². The van der Waals surface area contributed by atoms with E-state index in [1.807, 2.05) is 19.1 Å². The quantitative estimate of drug-likeness (QED) is 0.842. The predicted octanol–water partition coefficient (Wildman–Crippen LogP) is 2.23. The van der Waals surface area contributed by atoms with Gasteiger partial charge in [-0.3, -0.25) is 0 Å². The van der Waals surface area contributed by atoms with Crippen molar-refractivity contribution in [3.05, 3.63) is 23.8 Å². The highest BCUT2D eigenvalue weighted by atomic mass is 16.5. The molecule has 100 valence electrons. The van der Waals surface area contributed by atoms with Crippen LogP contribution in [0.15, 0.2) is 18.2 Å². The van der Waals surface area contributed by atoms with Crippen LogP contribution in [0.2, 0.25) is 0 Å². The molecule has 0 radical (unpaired) electrons. The third-order valence-electron chi connectivity index (χ3n) is 3.38. The van der Waals surface area contributed by atoms with Gasteiger partial charge in [0.05, 0.1) is 13.2 Å². The van der Waals surface area contributed by atoms with Crippen LogP contribution in [0.1, 0.15) is 31.4 Å². The fraction of sp³-hybridized carbons (Fsp3) is 0.571. The average Bonchev–Trinajstić information content (AvgIpc) is 2.88. The topological polar surface area (TPSA) is 50.7 Å². The second-order valence-electron chi connectivity index (χ2n) is 4.69. The van der Waals surface area contributed by atoms with Gasteiger partial charge in [0, 0.05) is 30.8 Å². The van der Waals surface area contributed by atoms with Gasteiger partial charge in [0.15, 0.2) is 0 Å². The summed E-state index contributed by atoms with van der Waals surface area (Å²) in [7, 11) is 1.59. The Morgan fingerprint density at radius 1 is 1.56 bits per heavy atom. The third-order valence-corrected chi connectivity index (χ3v) is 3.38. The molecule has 0 spiro atoms. The van der Waals surface area contributed by atoms with Gasteiger partial charge in [-0.15, -0.1) is 0 Å². The van der Waals surface area contributed by atoms with E-state index in [0.717, 1.165) is 31.6 Å². The van der Waals surface area contributed by atoms with Gasteiger partial charge < -0.3 is 19.9 Å². The van der Waals surface area contributed by atoms with Crippen molar-refractivity contribution >= 4 is 0 Å². The molecule has 2 rings (SSSR count). The Morgan fingerprint density at radius 3 is 3.00 bits per heavy atom. The van der Waals surface area contributed by atoms with Gasteiger partial charge in [0.25, 0.3) is 0 Å². The zero-order chi connectivity index (χ0) is 13.0. The molecule has 0 bridgehead atoms. The monoisotopic (exact) mass is 251 g/mol. The van der Waals surface area contributed by atoms with Crippen molar-refractivity contribution in [1.29, 1.82) is 0 Å². The molecule has 0 saturated carbocycles. The zero-order valence-electron chi connectivity index (χ0n) is 11.0. The Balaban J connectivity index is 1.93. The SMILES string of the molecule is COc1ccc(C(C)NCC2CCCO2)c(O)c1. The molecular formula is C14H21NO3. The number of phenols is 1. The molecule has 18 heavy (non-hydrogen) atoms. The zero-order valence-corrected chi connectivity index (χ0v) is 11.0. The van der Waals surface area contributed by atoms with Gasteiger partial charge in [0.2, 0.25) is 0 Å². The van der Waals surface area contributed by atoms with Crippen molar-refractivity contribution in [2.45, 2.75) is 31.9 Å². The minimum atomic E-state index is 0.0973. The largest absolute Gasteiger partial charge is 0.507 e. The highest BCUT2D eigenvalue weighted by Crippen LogP contribution is 2.28. The molecule has 4 nitrogen and oxygen atoms in total. The summed E-state index contributed by atoms with van der Waals surface area (Å²) in [6.45, 7) is 3.73. The lowest BCUT2D eigenvalue weighted by Crippen LogP contribution is -2.28. The highest BCUT2D eigenvalue weighted by Gasteiger charge is 2.17. The Kier molecular flexibility index (Phi) is 4.44. The van der Waals surface area contributed by atoms with Gasteiger partial charge in [-0.1, -0.05) is 6.07 Å². The first-order valence-corrected chi connectivity index (χ1v) is 6.42. The first kappa shape index (κ1) is 13.2. The van der Waals surface area contributed by atoms with Crippen LogP contribution in [0.4, 0.5) is 0 Å². The van der Waals surface area contributed by atoms with Crippen molar-refractivity contribution in [3.63, 3.8) is 0 Å². The van der Waals surface area contributed by atoms with Gasteiger partial charge in [-0.05, 0) is 25.8 Å². The van der Waals surface area contributed by atoms with Crippen LogP contribution >= 0.6 is 0 Å². The Morgan fingerprint density at radius 2 is 2.39 bits per heavy atom. The van der Waals surface area contributed by atoms with Crippen molar-refractivity contribution in [2.24, 2.45) is 0 Å². The molecule has 4 heteroatoms. The number of rotatable bonds is 5. The number of hydrogen-bond donors (Lipinski definition) is 2. The molecule has 1 saturated heterocycles. The van der Waals surface area contributed by atoms with E-state index in [9.17, 15) is 5.11 Å². The first-order chi connectivity index (χ1) is 8.70. The van der Waals surface area contributed by atoms with E-state index in [0.29, 0.717) is 11.9 Å². The van der Waals surface area contributed by atoms with Crippen LogP contribution in [0, 0.1) is 0 Å². The summed E-state index contributed by atoms with van der Waals surface area (Å²) < 4.78 is 10.6. The average molecular weight is 251 g/mol. The third kappa shape index (κ3) is 3.15. The van der Waals surface area contributed by atoms with Crippen molar-refractivity contribution in [2.75, 3.05) is 20.3 Å². The second kappa shape index (κ2) is 6.07. The van der Waals surface area contributed by atoms with Crippen molar-refractivity contribution in [3.8, 4) is 11.5 Å². The van der Waals surface area contributed by atoms with E-state index in [2.05, 4.69) is 5.32 Å². The fourth-order valence-corrected chi connectivity index (χ4v) is 2.24. The van der Waals surface area contributed by atoms with Gasteiger partial charge in [0.1, 0.15) is 11.5 Å². The smallest absolute Gasteiger partial charge is 0.124 e. The normalized spacial score (nSPS) is 20.9. The molecular weight excluding hydrogens is 230 g/mol. The fourth-order valence-electron chi connectivity index (χ4n) is 2.24. The van der Waals surface area contributed by atoms with Crippen LogP contribution in [-0.4, -0.2) is 31.5 Å². The van der Waals surface area contributed by atoms with E-state index in [-0.39, 0.29) is 11.8 Å². The highest BCUT2D eigenvalue weighted by molar-refractivity contribution is 5.41. The minimum Gasteiger partial charge on any atom is -0.507 e. The van der Waals surface area contributed by atoms with Gasteiger partial charge in [-0.25, -0.2) is 0 Å². The molecule has 1 aliphatic rings. The molecule has 1 aliphatic heterocycles. The summed E-state index contributed by atoms with van der Waals surface area (Å²) in [4.78, 5) is 0. The minimum absolute atomic E-state index is 0.0973. The van der Waals surface area contributed by atoms with Gasteiger partial charge in [-0.2, -0.15) is 0 Å². The number of nitrogens with one attached hydrogen (secondary N) is 1. The van der Waals surface area contributed by atoms with E-state index < -0.39 is 0 Å². The Labute approximate surface area is 108 Å². The maximum absolute atomic E-state index is 9.93. The number of benzene rings is 1. The number of hydrogen-bond acceptors (Lipinski definition) is 4. The molecule has 1 aromatic carbocycles. The number of aromatic hydroxyl groups is 1. The lowest BCUT2D eigenvalue weighted by atomic mass is 10.1. The lowest BCUT2D eigenvalue weighted by Gasteiger charge is -2.18. The summed E-state index contributed by atoms with van der Waals surface area (Å²) in [5, 5.41) is 13.3. The molecule has 1 aromatic rings. The summed E-state index contributed by atoms with van der Waals surface area (Å²) >= 11 is 0. The lowest BCUT2D eigenvalue weighted by molar-refractivity contribution is 0.108. The Hall–Kier alpha value is -1.26. The van der Waals surface area contributed by atoms with E-state index in [1.165, 1.54) is 0 Å². The maximum atomic E-state index is 9.93. The molecule has 2 N–H and O–H groups in total. The van der Waals surface area contributed by atoms with Crippen LogP contribution < -0.4 is 10.1 Å². The number of methoxy groups -OCH3 is 1. The van der Waals surface area contributed by atoms with Crippen molar-refractivity contribution < 1.29 is 14.6 Å². The molecule has 0 aromatic heterocycles. The van der Waals surface area contributed by atoms with Crippen LogP contribution in [-0.2, 0) is 4.74 Å². The van der Waals surface area contributed by atoms with E-state index in [1.54, 1.807) is 13.2 Å². The summed E-state index contributed by atoms with van der Waals surface area (Å²) in [6.07, 6.45) is 2.58. The van der Waals surface area contributed by atoms with Crippen LogP contribution in [0.5, 0.6) is 11.5 Å². The van der Waals surface area contributed by atoms with Crippen molar-refractivity contribution in [1.82, 2.24) is 5.32 Å². The second-order valence-corrected chi connectivity index (χ2v) is 4.69. The summed E-state index contributed by atoms with van der Waals surface area (Å²) in [5.41, 5.74) is 0.883. The Bertz CT molecular complexity index is 389. The standard InChI is InChI=1S/C14H21NO3/c1-10(15-9-12-4-3-7-18-12)13-6-5-11(17-2)8-14(13)16/h5-6,8,10,12,15-16H,3-4,7,9H2,1-2H3. The molecule has 1 heterocycles. The summed E-state index contributed by atoms with van der Waals surface area (Å²) in [5.74, 6) is 0.935. The number of phenolic OH excluding ortho intramolecular Hbond substituents is 1. The van der Waals surface area contributed by atoms with Gasteiger partial charge >= 0.3 is 0 Å². The molecule has 0 aliphatic carbocycles. The first-order valence-electron chi connectivity index (χ1n) is 6.42. The molecule has 2 unspecified atom stereocenters. The summed E-state index contributed by atoms with van der Waals surface area (Å²) in [6, 6.07) is 5.49. The molecule has 0 amide bonds. The molecule has 2 atom stereocenters. The maximum Gasteiger partial charge on any atom is 0.124 e. The number of ether oxygens (including phenoxy) is 2. The van der Waals surface area contributed by atoms with E-state index >= 15 is 0 Å². The van der Waals surface area contributed by atoms with Crippen LogP contribution in [0.25, 0.3) is 0 Å². The molecule has 1 fully saturated rings. The predicted molar refractivity (Wildman–Crippen MR) is 70.1 cm³/mol.